The van der Waals surface area contributed by atoms with E-state index in [1.54, 1.807) is 24.7 Å². The summed E-state index contributed by atoms with van der Waals surface area (Å²) in [6.07, 6.45) is 1.75. The predicted molar refractivity (Wildman–Crippen MR) is 162 cm³/mol. The molecule has 42 heavy (non-hydrogen) atoms. The van der Waals surface area contributed by atoms with Crippen LogP contribution in [0.1, 0.15) is 29.9 Å². The molecule has 10 heteroatoms. The number of piperazine rings is 1. The van der Waals surface area contributed by atoms with Gasteiger partial charge in [0, 0.05) is 43.9 Å². The lowest BCUT2D eigenvalue weighted by Gasteiger charge is -2.32. The van der Waals surface area contributed by atoms with Crippen LogP contribution in [0.3, 0.4) is 0 Å². The Morgan fingerprint density at radius 1 is 1.07 bits per heavy atom. The Bertz CT molecular complexity index is 1810. The van der Waals surface area contributed by atoms with E-state index in [1.807, 2.05) is 66.7 Å². The molecule has 0 saturated carbocycles. The number of rotatable bonds is 7. The average molecular weight is 585 g/mol. The van der Waals surface area contributed by atoms with Gasteiger partial charge in [-0.3, -0.25) is 9.36 Å². The molecule has 0 bridgehead atoms. The fraction of sp³-hybridized carbons (Fsp3) is 0.281. The van der Waals surface area contributed by atoms with Crippen molar-refractivity contribution in [2.24, 2.45) is 4.99 Å². The van der Waals surface area contributed by atoms with E-state index < -0.39 is 12.0 Å². The molecule has 0 spiro atoms. The van der Waals surface area contributed by atoms with E-state index in [4.69, 9.17) is 18.9 Å². The minimum absolute atomic E-state index is 0.188. The Morgan fingerprint density at radius 3 is 2.60 bits per heavy atom. The normalized spacial score (nSPS) is 17.6. The SMILES string of the molecule is CCOC(=O)C1=C(c2ccccc2)N=c2s/c(=C\c3ccc(N4CCN(C)CC4)o3)c(=O)n2[C@@H]1c1cccc(OC)c1. The lowest BCUT2D eigenvalue weighted by molar-refractivity contribution is -0.138. The van der Waals surface area contributed by atoms with Crippen molar-refractivity contribution in [3.05, 3.63) is 109 Å². The lowest BCUT2D eigenvalue weighted by atomic mass is 9.93. The number of anilines is 1. The fourth-order valence-corrected chi connectivity index (χ4v) is 6.29. The van der Waals surface area contributed by atoms with E-state index in [2.05, 4.69) is 16.8 Å². The van der Waals surface area contributed by atoms with Crippen LogP contribution in [0.15, 0.2) is 86.5 Å². The summed E-state index contributed by atoms with van der Waals surface area (Å²) >= 11 is 1.27. The van der Waals surface area contributed by atoms with Crippen molar-refractivity contribution in [1.29, 1.82) is 0 Å². The molecule has 1 saturated heterocycles. The van der Waals surface area contributed by atoms with Crippen LogP contribution in [0, 0.1) is 0 Å². The van der Waals surface area contributed by atoms with Gasteiger partial charge in [-0.2, -0.15) is 0 Å². The number of benzene rings is 2. The van der Waals surface area contributed by atoms with E-state index in [0.29, 0.717) is 37.7 Å². The highest BCUT2D eigenvalue weighted by Gasteiger charge is 2.35. The van der Waals surface area contributed by atoms with Crippen molar-refractivity contribution in [1.82, 2.24) is 9.47 Å². The number of nitrogens with zero attached hydrogens (tertiary/aromatic N) is 4. The van der Waals surface area contributed by atoms with Crippen LogP contribution in [0.4, 0.5) is 5.88 Å². The summed E-state index contributed by atoms with van der Waals surface area (Å²) < 4.78 is 19.2. The molecule has 9 nitrogen and oxygen atoms in total. The molecule has 6 rings (SSSR count). The molecule has 4 aromatic rings. The van der Waals surface area contributed by atoms with E-state index in [-0.39, 0.29) is 12.2 Å². The third-order valence-electron chi connectivity index (χ3n) is 7.48. The summed E-state index contributed by atoms with van der Waals surface area (Å²) in [5, 5.41) is 0. The number of carbonyl (C=O) groups is 1. The Labute approximate surface area is 247 Å². The maximum absolute atomic E-state index is 14.1. The maximum Gasteiger partial charge on any atom is 0.338 e. The third-order valence-corrected chi connectivity index (χ3v) is 8.47. The average Bonchev–Trinajstić information content (AvgIpc) is 3.61. The minimum atomic E-state index is -0.773. The zero-order valence-electron chi connectivity index (χ0n) is 23.8. The second-order valence-corrected chi connectivity index (χ2v) is 11.2. The number of aromatic nitrogens is 1. The Hall–Kier alpha value is -4.41. The molecule has 0 unspecified atom stereocenters. The van der Waals surface area contributed by atoms with E-state index in [1.165, 1.54) is 11.3 Å². The Kier molecular flexibility index (Phi) is 7.82. The molecule has 4 heterocycles. The van der Waals surface area contributed by atoms with Crippen LogP contribution < -0.4 is 24.5 Å². The number of likely N-dealkylation sites (N-methyl/N-ethyl adjacent to an activating group) is 1. The Balaban J connectivity index is 1.52. The topological polar surface area (TPSA) is 89.5 Å². The third kappa shape index (κ3) is 5.31. The van der Waals surface area contributed by atoms with Crippen LogP contribution in [-0.2, 0) is 9.53 Å². The van der Waals surface area contributed by atoms with E-state index >= 15 is 0 Å². The molecule has 0 amide bonds. The zero-order valence-corrected chi connectivity index (χ0v) is 24.6. The molecule has 2 aromatic heterocycles. The van der Waals surface area contributed by atoms with Crippen molar-refractivity contribution < 1.29 is 18.7 Å². The van der Waals surface area contributed by atoms with Crippen LogP contribution in [0.5, 0.6) is 5.75 Å². The standard InChI is InChI=1S/C32H32N4O5S/c1-4-40-31(38)27-28(21-9-6-5-7-10-21)33-32-36(29(27)22-11-8-12-23(19-22)39-3)30(37)25(42-32)20-24-13-14-26(41-24)35-17-15-34(2)16-18-35/h5-14,19-20,29H,4,15-18H2,1-3H3/b25-20-/t29-/m1/s1. The highest BCUT2D eigenvalue weighted by atomic mass is 32.1. The highest BCUT2D eigenvalue weighted by Crippen LogP contribution is 2.36. The highest BCUT2D eigenvalue weighted by molar-refractivity contribution is 7.07. The summed E-state index contributed by atoms with van der Waals surface area (Å²) in [6.45, 7) is 5.64. The number of esters is 1. The fourth-order valence-electron chi connectivity index (χ4n) is 5.31. The van der Waals surface area contributed by atoms with Gasteiger partial charge < -0.3 is 23.7 Å². The second-order valence-electron chi connectivity index (χ2n) is 10.2. The molecule has 0 N–H and O–H groups in total. The lowest BCUT2D eigenvalue weighted by Crippen LogP contribution is -2.44. The molecule has 2 aliphatic rings. The number of hydrogen-bond donors (Lipinski definition) is 0. The summed E-state index contributed by atoms with van der Waals surface area (Å²) in [6, 6.07) is 19.9. The van der Waals surface area contributed by atoms with Gasteiger partial charge >= 0.3 is 5.97 Å². The van der Waals surface area contributed by atoms with Gasteiger partial charge in [0.15, 0.2) is 10.7 Å². The summed E-state index contributed by atoms with van der Waals surface area (Å²) in [5.74, 6) is 1.46. The van der Waals surface area contributed by atoms with Crippen molar-refractivity contribution in [2.45, 2.75) is 13.0 Å². The van der Waals surface area contributed by atoms with Gasteiger partial charge in [-0.15, -0.1) is 0 Å². The number of carbonyl (C=O) groups excluding carboxylic acids is 1. The number of fused-ring (bicyclic) bond motifs is 1. The van der Waals surface area contributed by atoms with Crippen LogP contribution in [0.25, 0.3) is 11.8 Å². The second kappa shape index (κ2) is 11.8. The molecule has 1 fully saturated rings. The molecule has 1 atom stereocenters. The van der Waals surface area contributed by atoms with E-state index in [0.717, 1.165) is 37.6 Å². The molecule has 0 radical (unpaired) electrons. The quantitative estimate of drug-likeness (QED) is 0.308. The first-order chi connectivity index (χ1) is 20.5. The van der Waals surface area contributed by atoms with Gasteiger partial charge in [0.2, 0.25) is 0 Å². The van der Waals surface area contributed by atoms with Crippen molar-refractivity contribution in [3.63, 3.8) is 0 Å². The van der Waals surface area contributed by atoms with Crippen LogP contribution >= 0.6 is 11.3 Å². The van der Waals surface area contributed by atoms with Gasteiger partial charge in [0.05, 0.1) is 35.6 Å². The molecular weight excluding hydrogens is 552 g/mol. The first kappa shape index (κ1) is 27.7. The predicted octanol–water partition coefficient (Wildman–Crippen LogP) is 3.29. The summed E-state index contributed by atoms with van der Waals surface area (Å²) in [4.78, 5) is 37.6. The van der Waals surface area contributed by atoms with Gasteiger partial charge in [0.1, 0.15) is 11.5 Å². The van der Waals surface area contributed by atoms with Crippen molar-refractivity contribution in [2.75, 3.05) is 51.8 Å². The molecular formula is C32H32N4O5S. The first-order valence-corrected chi connectivity index (χ1v) is 14.7. The first-order valence-electron chi connectivity index (χ1n) is 13.9. The monoisotopic (exact) mass is 584 g/mol. The molecule has 0 aliphatic carbocycles. The van der Waals surface area contributed by atoms with Gasteiger partial charge in [-0.05, 0) is 37.7 Å². The molecule has 2 aromatic carbocycles. The van der Waals surface area contributed by atoms with E-state index in [9.17, 15) is 9.59 Å². The molecule has 216 valence electrons. The number of hydrogen-bond acceptors (Lipinski definition) is 9. The van der Waals surface area contributed by atoms with Gasteiger partial charge in [-0.25, -0.2) is 9.79 Å². The van der Waals surface area contributed by atoms with Crippen LogP contribution in [0.2, 0.25) is 0 Å². The number of thiazole rings is 1. The zero-order chi connectivity index (χ0) is 29.2. The number of methoxy groups -OCH3 is 1. The molecule has 2 aliphatic heterocycles. The smallest absolute Gasteiger partial charge is 0.338 e. The Morgan fingerprint density at radius 2 is 1.86 bits per heavy atom. The van der Waals surface area contributed by atoms with Gasteiger partial charge in [0.25, 0.3) is 5.56 Å². The van der Waals surface area contributed by atoms with Crippen molar-refractivity contribution >= 4 is 35.0 Å². The van der Waals surface area contributed by atoms with Crippen molar-refractivity contribution in [3.8, 4) is 5.75 Å². The number of ether oxygens (including phenoxy) is 2. The largest absolute Gasteiger partial charge is 0.497 e. The van der Waals surface area contributed by atoms with Gasteiger partial charge in [-0.1, -0.05) is 53.8 Å². The number of furan rings is 1. The van der Waals surface area contributed by atoms with Crippen LogP contribution in [-0.4, -0.2) is 62.4 Å². The minimum Gasteiger partial charge on any atom is -0.497 e. The maximum atomic E-state index is 14.1. The summed E-state index contributed by atoms with van der Waals surface area (Å²) in [5.41, 5.74) is 1.98. The summed E-state index contributed by atoms with van der Waals surface area (Å²) in [7, 11) is 3.70.